The van der Waals surface area contributed by atoms with Crippen LogP contribution in [0.1, 0.15) is 64.7 Å². The molecular formula is C14H24O. The Bertz CT molecular complexity index is 205. The second kappa shape index (κ2) is 7.67. The minimum Gasteiger partial charge on any atom is -0.300 e. The van der Waals surface area contributed by atoms with Gasteiger partial charge in [-0.1, -0.05) is 44.8 Å². The zero-order valence-corrected chi connectivity index (χ0v) is 10.0. The van der Waals surface area contributed by atoms with Crippen molar-refractivity contribution >= 4 is 5.78 Å². The van der Waals surface area contributed by atoms with E-state index in [1.807, 2.05) is 0 Å². The molecule has 1 heteroatoms. The number of rotatable bonds is 7. The van der Waals surface area contributed by atoms with Crippen molar-refractivity contribution in [3.05, 3.63) is 12.2 Å². The summed E-state index contributed by atoms with van der Waals surface area (Å²) in [7, 11) is 0. The number of Topliss-reactive ketones (excluding diaryl/α,β-unsaturated/α-hetero) is 1. The van der Waals surface area contributed by atoms with E-state index >= 15 is 0 Å². The maximum absolute atomic E-state index is 11.0. The molecule has 15 heavy (non-hydrogen) atoms. The van der Waals surface area contributed by atoms with Gasteiger partial charge < -0.3 is 0 Å². The summed E-state index contributed by atoms with van der Waals surface area (Å²) in [6.07, 6.45) is 15.2. The molecule has 0 amide bonds. The van der Waals surface area contributed by atoms with E-state index in [0.717, 1.165) is 19.3 Å². The van der Waals surface area contributed by atoms with E-state index in [-0.39, 0.29) is 0 Å². The molecule has 0 spiro atoms. The molecule has 0 heterocycles. The van der Waals surface area contributed by atoms with Gasteiger partial charge in [0, 0.05) is 12.8 Å². The van der Waals surface area contributed by atoms with Gasteiger partial charge in [-0.3, -0.25) is 4.79 Å². The van der Waals surface area contributed by atoms with Gasteiger partial charge in [-0.05, 0) is 25.2 Å². The minimum atomic E-state index is 0.451. The second-order valence-electron chi connectivity index (χ2n) is 4.67. The molecule has 0 aromatic heterocycles. The number of allylic oxidation sites excluding steroid dienone is 2. The Hall–Kier alpha value is -0.590. The Kier molecular flexibility index (Phi) is 6.38. The third-order valence-electron chi connectivity index (χ3n) is 3.17. The Morgan fingerprint density at radius 2 is 2.07 bits per heavy atom. The van der Waals surface area contributed by atoms with E-state index in [2.05, 4.69) is 19.1 Å². The van der Waals surface area contributed by atoms with Gasteiger partial charge in [0.05, 0.1) is 0 Å². The summed E-state index contributed by atoms with van der Waals surface area (Å²) in [4.78, 5) is 11.0. The Morgan fingerprint density at radius 3 is 2.73 bits per heavy atom. The van der Waals surface area contributed by atoms with Gasteiger partial charge >= 0.3 is 0 Å². The first-order chi connectivity index (χ1) is 7.33. The minimum absolute atomic E-state index is 0.451. The van der Waals surface area contributed by atoms with E-state index in [0.29, 0.717) is 11.7 Å². The third-order valence-corrected chi connectivity index (χ3v) is 3.17. The van der Waals surface area contributed by atoms with Crippen molar-refractivity contribution in [2.75, 3.05) is 0 Å². The highest BCUT2D eigenvalue weighted by Gasteiger charge is 2.18. The first-order valence-corrected chi connectivity index (χ1v) is 6.51. The number of carbonyl (C=O) groups is 1. The van der Waals surface area contributed by atoms with Crippen molar-refractivity contribution in [2.45, 2.75) is 64.7 Å². The van der Waals surface area contributed by atoms with Crippen LogP contribution >= 0.6 is 0 Å². The molecule has 1 rings (SSSR count). The molecule has 0 aromatic rings. The molecule has 1 saturated carbocycles. The summed E-state index contributed by atoms with van der Waals surface area (Å²) in [6, 6.07) is 0. The molecule has 1 atom stereocenters. The highest BCUT2D eigenvalue weighted by Crippen LogP contribution is 2.23. The maximum Gasteiger partial charge on any atom is 0.133 e. The molecule has 0 saturated heterocycles. The standard InChI is InChI=1S/C14H24O/c1-2-3-4-5-6-7-8-9-13-10-11-14(15)12-13/h8-9,13H,2-7,10-12H2,1H3/b9-8+/t13-/m0/s1. The Morgan fingerprint density at radius 1 is 1.27 bits per heavy atom. The number of hydrogen-bond acceptors (Lipinski definition) is 1. The topological polar surface area (TPSA) is 17.1 Å². The van der Waals surface area contributed by atoms with Crippen LogP contribution in [0.3, 0.4) is 0 Å². The monoisotopic (exact) mass is 208 g/mol. The zero-order valence-electron chi connectivity index (χ0n) is 10.0. The van der Waals surface area contributed by atoms with Crippen molar-refractivity contribution < 1.29 is 4.79 Å². The van der Waals surface area contributed by atoms with Crippen LogP contribution in [-0.4, -0.2) is 5.78 Å². The second-order valence-corrected chi connectivity index (χ2v) is 4.67. The third kappa shape index (κ3) is 5.76. The van der Waals surface area contributed by atoms with Crippen molar-refractivity contribution in [1.82, 2.24) is 0 Å². The SMILES string of the molecule is CCCCCCC/C=C/[C@H]1CCC(=O)C1. The molecule has 0 bridgehead atoms. The summed E-state index contributed by atoms with van der Waals surface area (Å²) in [5.41, 5.74) is 0. The van der Waals surface area contributed by atoms with E-state index < -0.39 is 0 Å². The highest BCUT2D eigenvalue weighted by molar-refractivity contribution is 5.80. The van der Waals surface area contributed by atoms with Crippen LogP contribution < -0.4 is 0 Å². The molecule has 0 N–H and O–H groups in total. The summed E-state index contributed by atoms with van der Waals surface area (Å²) in [5, 5.41) is 0. The fourth-order valence-corrected chi connectivity index (χ4v) is 2.16. The van der Waals surface area contributed by atoms with Crippen LogP contribution in [0.2, 0.25) is 0 Å². The van der Waals surface area contributed by atoms with Gasteiger partial charge in [0.25, 0.3) is 0 Å². The van der Waals surface area contributed by atoms with Crippen LogP contribution in [0.5, 0.6) is 0 Å². The predicted molar refractivity (Wildman–Crippen MR) is 64.9 cm³/mol. The molecule has 0 aliphatic heterocycles. The predicted octanol–water partition coefficient (Wildman–Crippen LogP) is 4.27. The molecule has 1 aliphatic carbocycles. The first-order valence-electron chi connectivity index (χ1n) is 6.51. The largest absolute Gasteiger partial charge is 0.300 e. The molecule has 86 valence electrons. The maximum atomic E-state index is 11.0. The lowest BCUT2D eigenvalue weighted by atomic mass is 10.1. The average Bonchev–Trinajstić information content (AvgIpc) is 2.63. The highest BCUT2D eigenvalue weighted by atomic mass is 16.1. The lowest BCUT2D eigenvalue weighted by Gasteiger charge is -1.99. The van der Waals surface area contributed by atoms with Gasteiger partial charge in [-0.2, -0.15) is 0 Å². The molecular weight excluding hydrogens is 184 g/mol. The molecule has 1 aliphatic rings. The molecule has 1 nitrogen and oxygen atoms in total. The molecule has 1 fully saturated rings. The number of hydrogen-bond donors (Lipinski definition) is 0. The van der Waals surface area contributed by atoms with Crippen molar-refractivity contribution in [1.29, 1.82) is 0 Å². The fourth-order valence-electron chi connectivity index (χ4n) is 2.16. The number of carbonyl (C=O) groups excluding carboxylic acids is 1. The van der Waals surface area contributed by atoms with Gasteiger partial charge in [0.1, 0.15) is 5.78 Å². The lowest BCUT2D eigenvalue weighted by Crippen LogP contribution is -1.89. The smallest absolute Gasteiger partial charge is 0.133 e. The van der Waals surface area contributed by atoms with E-state index in [1.165, 1.54) is 38.5 Å². The molecule has 0 aromatic carbocycles. The molecule has 0 unspecified atom stereocenters. The van der Waals surface area contributed by atoms with Crippen LogP contribution in [0.25, 0.3) is 0 Å². The molecule has 0 radical (unpaired) electrons. The van der Waals surface area contributed by atoms with Crippen molar-refractivity contribution in [3.63, 3.8) is 0 Å². The Balaban J connectivity index is 1.95. The van der Waals surface area contributed by atoms with E-state index in [1.54, 1.807) is 0 Å². The van der Waals surface area contributed by atoms with Crippen molar-refractivity contribution in [2.24, 2.45) is 5.92 Å². The summed E-state index contributed by atoms with van der Waals surface area (Å²) < 4.78 is 0. The van der Waals surface area contributed by atoms with Crippen LogP contribution in [0.4, 0.5) is 0 Å². The quantitative estimate of drug-likeness (QED) is 0.451. The van der Waals surface area contributed by atoms with Gasteiger partial charge in [0.15, 0.2) is 0 Å². The first kappa shape index (κ1) is 12.5. The van der Waals surface area contributed by atoms with Crippen LogP contribution in [-0.2, 0) is 4.79 Å². The van der Waals surface area contributed by atoms with E-state index in [9.17, 15) is 4.79 Å². The number of unbranched alkanes of at least 4 members (excludes halogenated alkanes) is 5. The lowest BCUT2D eigenvalue weighted by molar-refractivity contribution is -0.117. The van der Waals surface area contributed by atoms with Gasteiger partial charge in [-0.15, -0.1) is 0 Å². The van der Waals surface area contributed by atoms with Gasteiger partial charge in [-0.25, -0.2) is 0 Å². The van der Waals surface area contributed by atoms with Gasteiger partial charge in [0.2, 0.25) is 0 Å². The number of ketones is 1. The Labute approximate surface area is 93.9 Å². The van der Waals surface area contributed by atoms with Crippen LogP contribution in [0.15, 0.2) is 12.2 Å². The van der Waals surface area contributed by atoms with E-state index in [4.69, 9.17) is 0 Å². The van der Waals surface area contributed by atoms with Crippen molar-refractivity contribution in [3.8, 4) is 0 Å². The summed E-state index contributed by atoms with van der Waals surface area (Å²) in [5.74, 6) is 1.01. The summed E-state index contributed by atoms with van der Waals surface area (Å²) in [6.45, 7) is 2.25. The van der Waals surface area contributed by atoms with Crippen LogP contribution in [0, 0.1) is 5.92 Å². The average molecular weight is 208 g/mol. The fraction of sp³-hybridized carbons (Fsp3) is 0.786. The zero-order chi connectivity index (χ0) is 10.9. The summed E-state index contributed by atoms with van der Waals surface area (Å²) >= 11 is 0. The normalized spacial score (nSPS) is 21.7.